The Morgan fingerprint density at radius 3 is 2.40 bits per heavy atom. The molecule has 0 bridgehead atoms. The molecule has 0 saturated heterocycles. The Balaban J connectivity index is 4.95. The number of halogens is 2. The maximum Gasteiger partial charge on any atom is 0.129 e. The Morgan fingerprint density at radius 1 is 1.35 bits per heavy atom. The lowest BCUT2D eigenvalue weighted by Gasteiger charge is -2.06. The molecule has 0 aromatic heterocycles. The second-order valence-corrected chi connectivity index (χ2v) is 5.03. The fourth-order valence-electron chi connectivity index (χ4n) is 1.28. The van der Waals surface area contributed by atoms with E-state index in [0.717, 1.165) is 6.08 Å². The highest BCUT2D eigenvalue weighted by Crippen LogP contribution is 2.23. The van der Waals surface area contributed by atoms with Crippen LogP contribution in [0.25, 0.3) is 0 Å². The molecule has 2 nitrogen and oxygen atoms in total. The Kier molecular flexibility index (Phi) is 8.56. The number of aliphatic imine (C=N–C) groups is 1. The van der Waals surface area contributed by atoms with Gasteiger partial charge in [0.05, 0.1) is 5.04 Å². The lowest BCUT2D eigenvalue weighted by Crippen LogP contribution is -1.96. The molecule has 0 aliphatic heterocycles. The largest absolute Gasteiger partial charge is 0.509 e. The first-order valence-electron chi connectivity index (χ1n) is 5.89. The third-order valence-electron chi connectivity index (χ3n) is 2.14. The molecule has 0 rings (SSSR count). The summed E-state index contributed by atoms with van der Waals surface area (Å²) in [6, 6.07) is 0. The van der Waals surface area contributed by atoms with Gasteiger partial charge in [-0.25, -0.2) is 8.78 Å². The van der Waals surface area contributed by atoms with Crippen LogP contribution in [0, 0.1) is 0 Å². The molecule has 0 aromatic rings. The maximum absolute atomic E-state index is 13.5. The van der Waals surface area contributed by atoms with Crippen molar-refractivity contribution in [3.05, 3.63) is 60.1 Å². The predicted molar refractivity (Wildman–Crippen MR) is 84.3 cm³/mol. The molecule has 0 aromatic carbocycles. The molecule has 5 heteroatoms. The minimum absolute atomic E-state index is 0.0461. The van der Waals surface area contributed by atoms with Gasteiger partial charge in [-0.1, -0.05) is 19.2 Å². The highest BCUT2D eigenvalue weighted by atomic mass is 32.2. The van der Waals surface area contributed by atoms with Crippen molar-refractivity contribution in [2.75, 3.05) is 5.75 Å². The number of nitrogens with zero attached hydrogens (tertiary/aromatic N) is 1. The van der Waals surface area contributed by atoms with E-state index in [1.807, 2.05) is 0 Å². The highest BCUT2D eigenvalue weighted by molar-refractivity contribution is 8.14. The normalized spacial score (nSPS) is 14.9. The van der Waals surface area contributed by atoms with E-state index in [1.54, 1.807) is 13.8 Å². The van der Waals surface area contributed by atoms with Gasteiger partial charge in [0, 0.05) is 23.1 Å². The van der Waals surface area contributed by atoms with Crippen LogP contribution < -0.4 is 0 Å². The molecule has 0 fully saturated rings. The van der Waals surface area contributed by atoms with Crippen molar-refractivity contribution in [2.24, 2.45) is 4.99 Å². The van der Waals surface area contributed by atoms with E-state index in [1.165, 1.54) is 30.8 Å². The van der Waals surface area contributed by atoms with Gasteiger partial charge in [-0.05, 0) is 26.8 Å². The Bertz CT molecular complexity index is 502. The van der Waals surface area contributed by atoms with Gasteiger partial charge in [0.15, 0.2) is 0 Å². The van der Waals surface area contributed by atoms with Crippen LogP contribution in [0.2, 0.25) is 0 Å². The summed E-state index contributed by atoms with van der Waals surface area (Å²) in [7, 11) is 0. The quantitative estimate of drug-likeness (QED) is 0.308. The van der Waals surface area contributed by atoms with E-state index in [2.05, 4.69) is 18.2 Å². The number of hydrogen-bond acceptors (Lipinski definition) is 3. The maximum atomic E-state index is 13.5. The smallest absolute Gasteiger partial charge is 0.129 e. The van der Waals surface area contributed by atoms with Crippen molar-refractivity contribution < 1.29 is 13.9 Å². The van der Waals surface area contributed by atoms with E-state index in [-0.39, 0.29) is 17.1 Å². The molecule has 0 aliphatic carbocycles. The summed E-state index contributed by atoms with van der Waals surface area (Å²) in [5, 5.41) is 9.61. The van der Waals surface area contributed by atoms with Gasteiger partial charge < -0.3 is 5.11 Å². The molecule has 1 N–H and O–H groups in total. The average Bonchev–Trinajstić information content (AvgIpc) is 2.36. The van der Waals surface area contributed by atoms with Crippen molar-refractivity contribution in [2.45, 2.75) is 20.8 Å². The van der Waals surface area contributed by atoms with E-state index in [0.29, 0.717) is 10.7 Å². The van der Waals surface area contributed by atoms with Crippen molar-refractivity contribution in [1.29, 1.82) is 0 Å². The van der Waals surface area contributed by atoms with Gasteiger partial charge in [-0.15, -0.1) is 11.8 Å². The van der Waals surface area contributed by atoms with Crippen LogP contribution in [0.3, 0.4) is 0 Å². The lowest BCUT2D eigenvalue weighted by molar-refractivity contribution is 0.434. The Labute approximate surface area is 123 Å². The lowest BCUT2D eigenvalue weighted by atomic mass is 10.2. The zero-order chi connectivity index (χ0) is 15.7. The van der Waals surface area contributed by atoms with Crippen LogP contribution in [0.1, 0.15) is 20.8 Å². The first kappa shape index (κ1) is 18.4. The number of thioether (sulfide) groups is 1. The molecule has 110 valence electrons. The fraction of sp³-hybridized carbons (Fsp3) is 0.267. The van der Waals surface area contributed by atoms with Gasteiger partial charge in [-0.2, -0.15) is 0 Å². The standard InChI is InChI=1S/C15H19F2NOS/c1-6-14(16)13(15(17)7-2)9-20-12(5)18-10(3)8-11(4)19/h6-8,19H,1,4,9H2,2-3,5H3/b10-8-,14-13+,15-7+,18-12+. The summed E-state index contributed by atoms with van der Waals surface area (Å²) in [5.74, 6) is -1.28. The molecule has 0 unspecified atom stereocenters. The number of aliphatic hydroxyl groups is 1. The van der Waals surface area contributed by atoms with Crippen LogP contribution in [0.5, 0.6) is 0 Å². The Hall–Kier alpha value is -1.62. The van der Waals surface area contributed by atoms with Gasteiger partial charge in [0.1, 0.15) is 17.4 Å². The molecule has 0 aliphatic rings. The third-order valence-corrected chi connectivity index (χ3v) is 3.09. The van der Waals surface area contributed by atoms with E-state index < -0.39 is 11.7 Å². The second kappa shape index (κ2) is 9.31. The number of hydrogen-bond donors (Lipinski definition) is 1. The minimum atomic E-state index is -0.683. The minimum Gasteiger partial charge on any atom is -0.509 e. The fourth-order valence-corrected chi connectivity index (χ4v) is 2.12. The van der Waals surface area contributed by atoms with Crippen LogP contribution in [-0.2, 0) is 0 Å². The molecule has 0 atom stereocenters. The van der Waals surface area contributed by atoms with Crippen molar-refractivity contribution >= 4 is 16.8 Å². The zero-order valence-corrected chi connectivity index (χ0v) is 12.7. The molecule has 20 heavy (non-hydrogen) atoms. The van der Waals surface area contributed by atoms with Crippen LogP contribution in [-0.4, -0.2) is 15.9 Å². The second-order valence-electron chi connectivity index (χ2n) is 3.86. The molecule has 0 amide bonds. The summed E-state index contributed by atoms with van der Waals surface area (Å²) >= 11 is 1.20. The van der Waals surface area contributed by atoms with E-state index >= 15 is 0 Å². The predicted octanol–water partition coefficient (Wildman–Crippen LogP) is 5.40. The Morgan fingerprint density at radius 2 is 1.95 bits per heavy atom. The average molecular weight is 299 g/mol. The van der Waals surface area contributed by atoms with Crippen LogP contribution in [0.4, 0.5) is 8.78 Å². The molecule has 0 heterocycles. The van der Waals surface area contributed by atoms with E-state index in [9.17, 15) is 8.78 Å². The SMILES string of the molecule is C=C/C(F)=C(CS/C(C)=N/C(C)=C\C(=C)O)\C(F)=C/C. The highest BCUT2D eigenvalue weighted by Gasteiger charge is 2.10. The first-order valence-corrected chi connectivity index (χ1v) is 6.87. The van der Waals surface area contributed by atoms with Gasteiger partial charge in [-0.3, -0.25) is 4.99 Å². The van der Waals surface area contributed by atoms with Crippen LogP contribution >= 0.6 is 11.8 Å². The number of aliphatic hydroxyl groups excluding tert-OH is 1. The summed E-state index contributed by atoms with van der Waals surface area (Å²) < 4.78 is 27.0. The summed E-state index contributed by atoms with van der Waals surface area (Å²) in [6.45, 7) is 11.5. The molecule has 0 spiro atoms. The monoisotopic (exact) mass is 299 g/mol. The number of rotatable bonds is 6. The summed E-state index contributed by atoms with van der Waals surface area (Å²) in [5.41, 5.74) is 0.513. The van der Waals surface area contributed by atoms with Crippen molar-refractivity contribution in [3.63, 3.8) is 0 Å². The van der Waals surface area contributed by atoms with Crippen LogP contribution in [0.15, 0.2) is 65.1 Å². The summed E-state index contributed by atoms with van der Waals surface area (Å²) in [6.07, 6.45) is 3.58. The molecule has 0 saturated carbocycles. The number of allylic oxidation sites excluding steroid dienone is 6. The first-order chi connectivity index (χ1) is 9.31. The van der Waals surface area contributed by atoms with Gasteiger partial charge >= 0.3 is 0 Å². The van der Waals surface area contributed by atoms with Gasteiger partial charge in [0.25, 0.3) is 0 Å². The molecule has 0 radical (unpaired) electrons. The van der Waals surface area contributed by atoms with Crippen molar-refractivity contribution in [3.8, 4) is 0 Å². The summed E-state index contributed by atoms with van der Waals surface area (Å²) in [4.78, 5) is 4.17. The topological polar surface area (TPSA) is 32.6 Å². The third kappa shape index (κ3) is 7.09. The van der Waals surface area contributed by atoms with Gasteiger partial charge in [0.2, 0.25) is 0 Å². The zero-order valence-electron chi connectivity index (χ0n) is 11.9. The molecular weight excluding hydrogens is 280 g/mol. The molecular formula is C15H19F2NOS. The van der Waals surface area contributed by atoms with Crippen molar-refractivity contribution in [1.82, 2.24) is 0 Å². The van der Waals surface area contributed by atoms with E-state index in [4.69, 9.17) is 5.11 Å².